The summed E-state index contributed by atoms with van der Waals surface area (Å²) >= 11 is 0. The lowest BCUT2D eigenvalue weighted by molar-refractivity contribution is -0.114. The van der Waals surface area contributed by atoms with Crippen molar-refractivity contribution in [3.63, 3.8) is 0 Å². The van der Waals surface area contributed by atoms with E-state index < -0.39 is 0 Å². The molecule has 0 spiro atoms. The van der Waals surface area contributed by atoms with Gasteiger partial charge in [-0.15, -0.1) is 0 Å². The average molecular weight is 633 g/mol. The van der Waals surface area contributed by atoms with E-state index in [-0.39, 0.29) is 35.3 Å². The number of carbonyl (C=O) groups is 3. The van der Waals surface area contributed by atoms with Crippen molar-refractivity contribution >= 4 is 35.0 Å². The summed E-state index contributed by atoms with van der Waals surface area (Å²) in [6.07, 6.45) is 4.93. The van der Waals surface area contributed by atoms with Crippen LogP contribution in [-0.2, 0) is 16.6 Å². The van der Waals surface area contributed by atoms with Gasteiger partial charge in [-0.05, 0) is 93.0 Å². The maximum absolute atomic E-state index is 13.5. The molecule has 1 aromatic heterocycles. The Morgan fingerprint density at radius 1 is 0.830 bits per heavy atom. The highest BCUT2D eigenvalue weighted by atomic mass is 16.2. The molecule has 4 aromatic rings. The van der Waals surface area contributed by atoms with E-state index >= 15 is 0 Å². The van der Waals surface area contributed by atoms with Gasteiger partial charge in [-0.25, -0.2) is 9.48 Å². The molecule has 2 aliphatic rings. The van der Waals surface area contributed by atoms with Gasteiger partial charge in [0.25, 0.3) is 5.91 Å². The molecule has 6 rings (SSSR count). The number of benzene rings is 3. The van der Waals surface area contributed by atoms with Crippen molar-refractivity contribution in [1.29, 1.82) is 0 Å². The van der Waals surface area contributed by atoms with Crippen molar-refractivity contribution in [2.24, 2.45) is 5.92 Å². The smallest absolute Gasteiger partial charge is 0.324 e. The molecule has 47 heavy (non-hydrogen) atoms. The summed E-state index contributed by atoms with van der Waals surface area (Å²) in [4.78, 5) is 40.2. The van der Waals surface area contributed by atoms with Crippen molar-refractivity contribution in [2.45, 2.75) is 84.2 Å². The van der Waals surface area contributed by atoms with Crippen molar-refractivity contribution in [1.82, 2.24) is 14.7 Å². The topological polar surface area (TPSA) is 108 Å². The van der Waals surface area contributed by atoms with Gasteiger partial charge in [0.2, 0.25) is 5.91 Å². The first-order chi connectivity index (χ1) is 22.4. The predicted molar refractivity (Wildman–Crippen MR) is 186 cm³/mol. The monoisotopic (exact) mass is 632 g/mol. The second-order valence-corrected chi connectivity index (χ2v) is 14.1. The van der Waals surface area contributed by atoms with E-state index in [0.29, 0.717) is 28.7 Å². The molecule has 0 radical (unpaired) electrons. The molecular weight excluding hydrogens is 588 g/mol. The number of carbonyl (C=O) groups excluding carboxylic acids is 3. The summed E-state index contributed by atoms with van der Waals surface area (Å²) < 4.78 is 1.78. The van der Waals surface area contributed by atoms with Crippen molar-refractivity contribution < 1.29 is 14.4 Å². The fourth-order valence-corrected chi connectivity index (χ4v) is 6.93. The molecular formula is C38H44N6O3. The zero-order chi connectivity index (χ0) is 33.3. The molecule has 244 valence electrons. The van der Waals surface area contributed by atoms with E-state index in [1.807, 2.05) is 61.5 Å². The van der Waals surface area contributed by atoms with Crippen LogP contribution in [-0.4, -0.2) is 44.6 Å². The predicted octanol–water partition coefficient (Wildman–Crippen LogP) is 7.71. The molecule has 2 atom stereocenters. The molecule has 3 N–H and O–H groups in total. The Morgan fingerprint density at radius 2 is 1.51 bits per heavy atom. The molecule has 2 bridgehead atoms. The fraction of sp³-hybridized carbons (Fsp3) is 0.368. The van der Waals surface area contributed by atoms with E-state index in [4.69, 9.17) is 5.10 Å². The van der Waals surface area contributed by atoms with Gasteiger partial charge < -0.3 is 15.5 Å². The minimum Gasteiger partial charge on any atom is -0.333 e. The summed E-state index contributed by atoms with van der Waals surface area (Å²) in [5, 5.41) is 13.5. The summed E-state index contributed by atoms with van der Waals surface area (Å²) in [6.45, 7) is 9.81. The zero-order valence-corrected chi connectivity index (χ0v) is 27.8. The van der Waals surface area contributed by atoms with Crippen LogP contribution < -0.4 is 16.0 Å². The Bertz CT molecular complexity index is 1760. The van der Waals surface area contributed by atoms with Crippen LogP contribution >= 0.6 is 0 Å². The molecule has 9 heteroatoms. The van der Waals surface area contributed by atoms with Gasteiger partial charge in [0.1, 0.15) is 5.82 Å². The fourth-order valence-electron chi connectivity index (χ4n) is 6.93. The number of urea groups is 1. The van der Waals surface area contributed by atoms with Crippen LogP contribution in [0, 0.1) is 12.8 Å². The molecule has 3 aromatic carbocycles. The number of nitrogens with zero attached hydrogens (tertiary/aromatic N) is 3. The third-order valence-corrected chi connectivity index (χ3v) is 9.23. The van der Waals surface area contributed by atoms with Crippen molar-refractivity contribution in [3.8, 4) is 5.69 Å². The molecule has 0 aliphatic carbocycles. The highest BCUT2D eigenvalue weighted by molar-refractivity contribution is 5.99. The Labute approximate surface area is 276 Å². The Balaban J connectivity index is 1.06. The molecule has 2 saturated heterocycles. The number of amides is 4. The molecule has 4 amide bonds. The Kier molecular flexibility index (Phi) is 8.90. The van der Waals surface area contributed by atoms with E-state index in [1.54, 1.807) is 16.8 Å². The lowest BCUT2D eigenvalue weighted by Crippen LogP contribution is -2.46. The van der Waals surface area contributed by atoms with Gasteiger partial charge in [-0.3, -0.25) is 14.9 Å². The largest absolute Gasteiger partial charge is 0.333 e. The highest BCUT2D eigenvalue weighted by Crippen LogP contribution is 2.41. The average Bonchev–Trinajstić information content (AvgIpc) is 3.56. The summed E-state index contributed by atoms with van der Waals surface area (Å²) in [6, 6.07) is 25.4. The van der Waals surface area contributed by atoms with Crippen LogP contribution in [0.4, 0.5) is 22.0 Å². The van der Waals surface area contributed by atoms with Crippen LogP contribution in [0.25, 0.3) is 5.69 Å². The van der Waals surface area contributed by atoms with Crippen LogP contribution in [0.1, 0.15) is 80.6 Å². The van der Waals surface area contributed by atoms with Crippen molar-refractivity contribution in [2.75, 3.05) is 16.0 Å². The summed E-state index contributed by atoms with van der Waals surface area (Å²) in [5.74, 6) is 0.990. The van der Waals surface area contributed by atoms with E-state index in [0.717, 1.165) is 49.0 Å². The number of anilines is 3. The minimum atomic E-state index is -0.331. The third kappa shape index (κ3) is 7.40. The second-order valence-electron chi connectivity index (χ2n) is 14.1. The van der Waals surface area contributed by atoms with E-state index in [9.17, 15) is 14.4 Å². The molecule has 0 saturated carbocycles. The normalized spacial score (nSPS) is 18.9. The number of nitrogens with one attached hydrogen (secondary N) is 3. The molecule has 3 heterocycles. The second kappa shape index (κ2) is 13.1. The van der Waals surface area contributed by atoms with Crippen LogP contribution in [0.5, 0.6) is 0 Å². The molecule has 2 aliphatic heterocycles. The highest BCUT2D eigenvalue weighted by Gasteiger charge is 2.43. The Hall–Kier alpha value is -4.92. The first-order valence-electron chi connectivity index (χ1n) is 16.5. The zero-order valence-electron chi connectivity index (χ0n) is 27.8. The number of piperidine rings is 1. The quantitative estimate of drug-likeness (QED) is 0.194. The number of rotatable bonds is 7. The van der Waals surface area contributed by atoms with Crippen LogP contribution in [0.15, 0.2) is 78.9 Å². The van der Waals surface area contributed by atoms with Gasteiger partial charge in [-0.2, -0.15) is 5.10 Å². The molecule has 2 unspecified atom stereocenters. The minimum absolute atomic E-state index is 0.0494. The number of hydrogen-bond donors (Lipinski definition) is 3. The van der Waals surface area contributed by atoms with Gasteiger partial charge in [0.15, 0.2) is 0 Å². The van der Waals surface area contributed by atoms with E-state index in [1.165, 1.54) is 12.5 Å². The summed E-state index contributed by atoms with van der Waals surface area (Å²) in [5.41, 5.74) is 5.94. The number of hydrogen-bond acceptors (Lipinski definition) is 4. The molecule has 2 fully saturated rings. The summed E-state index contributed by atoms with van der Waals surface area (Å²) in [7, 11) is 0. The maximum atomic E-state index is 13.5. The van der Waals surface area contributed by atoms with Crippen molar-refractivity contribution in [3.05, 3.63) is 101 Å². The van der Waals surface area contributed by atoms with Crippen LogP contribution in [0.3, 0.4) is 0 Å². The lowest BCUT2D eigenvalue weighted by atomic mass is 9.85. The van der Waals surface area contributed by atoms with Crippen LogP contribution in [0.2, 0.25) is 0 Å². The van der Waals surface area contributed by atoms with Gasteiger partial charge >= 0.3 is 6.03 Å². The van der Waals surface area contributed by atoms with E-state index in [2.05, 4.69) is 53.8 Å². The standard InChI is InChI=1S/C38H44N6O3/c1-24-9-15-31(16-10-24)44-35(23-34(42-44)38(3,4)5)41-37(47)40-29-13-11-26(12-14-29)19-27-20-32-17-18-33(21-27)43(32)36(46)28-7-6-8-30(22-28)39-25(2)45/h6-16,22-23,27,32-33H,17-21H2,1-5H3,(H,39,45)(H2,40,41,47). The Morgan fingerprint density at radius 3 is 2.15 bits per heavy atom. The van der Waals surface area contributed by atoms with Gasteiger partial charge in [-0.1, -0.05) is 56.7 Å². The lowest BCUT2D eigenvalue weighted by Gasteiger charge is -2.39. The number of aromatic nitrogens is 2. The number of fused-ring (bicyclic) bond motifs is 2. The SMILES string of the molecule is CC(=O)Nc1cccc(C(=O)N2C3CCC2CC(Cc2ccc(NC(=O)Nc4cc(C(C)(C)C)nn4-c4ccc(C)cc4)cc2)C3)c1. The maximum Gasteiger partial charge on any atom is 0.324 e. The molecule has 9 nitrogen and oxygen atoms in total. The number of aryl methyl sites for hydroxylation is 1. The van der Waals surface area contributed by atoms with Gasteiger partial charge in [0.05, 0.1) is 11.4 Å². The first kappa shape index (κ1) is 32.0. The first-order valence-corrected chi connectivity index (χ1v) is 16.5. The van der Waals surface area contributed by atoms with Gasteiger partial charge in [0, 0.05) is 47.4 Å². The third-order valence-electron chi connectivity index (χ3n) is 9.23.